The van der Waals surface area contributed by atoms with Crippen LogP contribution in [0.15, 0.2) is 34.4 Å². The molecule has 0 N–H and O–H groups in total. The van der Waals surface area contributed by atoms with Gasteiger partial charge in [-0.05, 0) is 29.9 Å². The van der Waals surface area contributed by atoms with Gasteiger partial charge in [0, 0.05) is 42.9 Å². The number of hydrogen-bond donors (Lipinski definition) is 0. The second-order valence-corrected chi connectivity index (χ2v) is 7.36. The number of aromatic nitrogens is 1. The van der Waals surface area contributed by atoms with E-state index in [1.54, 1.807) is 11.0 Å². The van der Waals surface area contributed by atoms with E-state index in [1.807, 2.05) is 11.4 Å². The SMILES string of the molecule is O=C(c1cccs1)N1C[C@H]2C[C@H](C1)c1c(C(F)F)ccc(=O)n1C2. The molecule has 0 unspecified atom stereocenters. The highest BCUT2D eigenvalue weighted by Crippen LogP contribution is 2.39. The highest BCUT2D eigenvalue weighted by atomic mass is 32.1. The van der Waals surface area contributed by atoms with Crippen molar-refractivity contribution in [1.29, 1.82) is 0 Å². The van der Waals surface area contributed by atoms with Crippen molar-refractivity contribution in [3.63, 3.8) is 0 Å². The minimum absolute atomic E-state index is 0.0509. The van der Waals surface area contributed by atoms with Gasteiger partial charge in [0.25, 0.3) is 17.9 Å². The number of rotatable bonds is 2. The summed E-state index contributed by atoms with van der Waals surface area (Å²) in [7, 11) is 0. The molecule has 2 aromatic heterocycles. The van der Waals surface area contributed by atoms with Crippen LogP contribution in [0.25, 0.3) is 0 Å². The predicted octanol–water partition coefficient (Wildman–Crippen LogP) is 3.11. The van der Waals surface area contributed by atoms with Crippen molar-refractivity contribution in [3.05, 3.63) is 56.1 Å². The number of fused-ring (bicyclic) bond motifs is 4. The quantitative estimate of drug-likeness (QED) is 0.835. The van der Waals surface area contributed by atoms with E-state index in [9.17, 15) is 18.4 Å². The minimum Gasteiger partial charge on any atom is -0.337 e. The van der Waals surface area contributed by atoms with Crippen molar-refractivity contribution in [2.45, 2.75) is 25.3 Å². The first-order valence-electron chi connectivity index (χ1n) is 7.89. The number of likely N-dealkylation sites (tertiary alicyclic amines) is 1. The van der Waals surface area contributed by atoms with E-state index >= 15 is 0 Å². The van der Waals surface area contributed by atoms with Gasteiger partial charge in [-0.2, -0.15) is 0 Å². The largest absolute Gasteiger partial charge is 0.337 e. The molecule has 4 rings (SSSR count). The number of alkyl halides is 2. The molecular formula is C17H16F2N2O2S. The zero-order chi connectivity index (χ0) is 16.8. The van der Waals surface area contributed by atoms with E-state index in [0.29, 0.717) is 30.2 Å². The van der Waals surface area contributed by atoms with Crippen LogP contribution in [-0.4, -0.2) is 28.5 Å². The summed E-state index contributed by atoms with van der Waals surface area (Å²) in [4.78, 5) is 27.1. The molecule has 2 atom stereocenters. The Kier molecular flexibility index (Phi) is 3.75. The smallest absolute Gasteiger partial charge is 0.265 e. The summed E-state index contributed by atoms with van der Waals surface area (Å²) in [6, 6.07) is 6.06. The van der Waals surface area contributed by atoms with E-state index in [1.165, 1.54) is 28.0 Å². The Hall–Kier alpha value is -2.02. The standard InChI is InChI=1S/C17H16F2N2O2S/c18-16(19)12-3-4-14(22)21-8-10-6-11(15(12)21)9-20(7-10)17(23)13-2-1-5-24-13/h1-5,10-11,16H,6-9H2/t10-,11-/m1/s1. The average Bonchev–Trinajstić information content (AvgIpc) is 3.09. The number of pyridine rings is 1. The fraction of sp³-hybridized carbons (Fsp3) is 0.412. The molecule has 4 nitrogen and oxygen atoms in total. The summed E-state index contributed by atoms with van der Waals surface area (Å²) in [6.45, 7) is 1.36. The van der Waals surface area contributed by atoms with Crippen LogP contribution in [0.2, 0.25) is 0 Å². The van der Waals surface area contributed by atoms with Crippen LogP contribution in [-0.2, 0) is 6.54 Å². The molecular weight excluding hydrogens is 334 g/mol. The number of amides is 1. The number of carbonyl (C=O) groups is 1. The lowest BCUT2D eigenvalue weighted by atomic mass is 9.81. The maximum absolute atomic E-state index is 13.4. The average molecular weight is 350 g/mol. The Labute approximate surface area is 141 Å². The molecule has 1 saturated heterocycles. The van der Waals surface area contributed by atoms with Gasteiger partial charge in [0.05, 0.1) is 4.88 Å². The molecule has 0 radical (unpaired) electrons. The number of piperidine rings is 1. The van der Waals surface area contributed by atoms with Crippen molar-refractivity contribution in [2.75, 3.05) is 13.1 Å². The molecule has 0 aliphatic carbocycles. The highest BCUT2D eigenvalue weighted by Gasteiger charge is 2.39. The third kappa shape index (κ3) is 2.47. The van der Waals surface area contributed by atoms with Crippen LogP contribution < -0.4 is 5.56 Å². The number of carbonyl (C=O) groups excluding carboxylic acids is 1. The van der Waals surface area contributed by atoms with E-state index in [-0.39, 0.29) is 28.9 Å². The predicted molar refractivity (Wildman–Crippen MR) is 86.7 cm³/mol. The van der Waals surface area contributed by atoms with Gasteiger partial charge in [-0.15, -0.1) is 11.3 Å². The third-order valence-electron chi connectivity index (χ3n) is 4.88. The van der Waals surface area contributed by atoms with Crippen LogP contribution in [0.5, 0.6) is 0 Å². The number of nitrogens with zero attached hydrogens (tertiary/aromatic N) is 2. The van der Waals surface area contributed by atoms with Crippen molar-refractivity contribution in [1.82, 2.24) is 9.47 Å². The first-order valence-corrected chi connectivity index (χ1v) is 8.77. The molecule has 2 aliphatic rings. The number of halogens is 2. The summed E-state index contributed by atoms with van der Waals surface area (Å²) >= 11 is 1.38. The lowest BCUT2D eigenvalue weighted by Crippen LogP contribution is -2.49. The van der Waals surface area contributed by atoms with Gasteiger partial charge in [-0.3, -0.25) is 9.59 Å². The maximum Gasteiger partial charge on any atom is 0.265 e. The van der Waals surface area contributed by atoms with Crippen molar-refractivity contribution >= 4 is 17.2 Å². The van der Waals surface area contributed by atoms with Gasteiger partial charge in [-0.25, -0.2) is 8.78 Å². The Morgan fingerprint density at radius 2 is 2.04 bits per heavy atom. The van der Waals surface area contributed by atoms with Crippen molar-refractivity contribution in [3.8, 4) is 0 Å². The summed E-state index contributed by atoms with van der Waals surface area (Å²) < 4.78 is 28.3. The van der Waals surface area contributed by atoms with E-state index in [4.69, 9.17) is 0 Å². The van der Waals surface area contributed by atoms with Crippen LogP contribution in [0.3, 0.4) is 0 Å². The van der Waals surface area contributed by atoms with Crippen molar-refractivity contribution in [2.24, 2.45) is 5.92 Å². The first-order chi connectivity index (χ1) is 11.5. The zero-order valence-corrected chi connectivity index (χ0v) is 13.6. The van der Waals surface area contributed by atoms with Gasteiger partial charge in [0.2, 0.25) is 0 Å². The molecule has 0 saturated carbocycles. The fourth-order valence-electron chi connectivity index (χ4n) is 3.95. The molecule has 0 spiro atoms. The summed E-state index contributed by atoms with van der Waals surface area (Å²) in [5.74, 6) is -0.130. The molecule has 126 valence electrons. The van der Waals surface area contributed by atoms with Crippen molar-refractivity contribution < 1.29 is 13.6 Å². The van der Waals surface area contributed by atoms with E-state index < -0.39 is 6.43 Å². The molecule has 4 heterocycles. The van der Waals surface area contributed by atoms with Gasteiger partial charge in [0.15, 0.2) is 0 Å². The molecule has 1 amide bonds. The zero-order valence-electron chi connectivity index (χ0n) is 12.8. The van der Waals surface area contributed by atoms with Crippen LogP contribution >= 0.6 is 11.3 Å². The highest BCUT2D eigenvalue weighted by molar-refractivity contribution is 7.12. The molecule has 1 fully saturated rings. The van der Waals surface area contributed by atoms with Gasteiger partial charge < -0.3 is 9.47 Å². The van der Waals surface area contributed by atoms with Gasteiger partial charge in [-0.1, -0.05) is 6.07 Å². The third-order valence-corrected chi connectivity index (χ3v) is 5.73. The summed E-state index contributed by atoms with van der Waals surface area (Å²) in [6.07, 6.45) is -1.87. The lowest BCUT2D eigenvalue weighted by Gasteiger charge is -2.43. The molecule has 7 heteroatoms. The Morgan fingerprint density at radius 3 is 2.75 bits per heavy atom. The van der Waals surface area contributed by atoms with Crippen LogP contribution in [0.4, 0.5) is 8.78 Å². The van der Waals surface area contributed by atoms with Gasteiger partial charge >= 0.3 is 0 Å². The molecule has 2 bridgehead atoms. The number of hydrogen-bond acceptors (Lipinski definition) is 3. The molecule has 2 aliphatic heterocycles. The van der Waals surface area contributed by atoms with E-state index in [0.717, 1.165) is 6.42 Å². The topological polar surface area (TPSA) is 42.3 Å². The Bertz CT molecular complexity index is 832. The fourth-order valence-corrected chi connectivity index (χ4v) is 4.64. The van der Waals surface area contributed by atoms with Crippen LogP contribution in [0.1, 0.15) is 39.7 Å². The lowest BCUT2D eigenvalue weighted by molar-refractivity contribution is 0.0591. The number of thiophene rings is 1. The molecule has 0 aromatic carbocycles. The Balaban J connectivity index is 1.71. The Morgan fingerprint density at radius 1 is 1.21 bits per heavy atom. The summed E-state index contributed by atoms with van der Waals surface area (Å²) in [5, 5.41) is 1.85. The molecule has 2 aromatic rings. The normalized spacial score (nSPS) is 22.5. The summed E-state index contributed by atoms with van der Waals surface area (Å²) in [5.41, 5.74) is 0.100. The van der Waals surface area contributed by atoms with Crippen LogP contribution in [0, 0.1) is 5.92 Å². The first kappa shape index (κ1) is 15.5. The monoisotopic (exact) mass is 350 g/mol. The second-order valence-electron chi connectivity index (χ2n) is 6.41. The van der Waals surface area contributed by atoms with Gasteiger partial charge in [0.1, 0.15) is 0 Å². The minimum atomic E-state index is -2.62. The molecule has 24 heavy (non-hydrogen) atoms. The van der Waals surface area contributed by atoms with E-state index in [2.05, 4.69) is 0 Å². The maximum atomic E-state index is 13.4. The second kappa shape index (κ2) is 5.81.